The molecular formula is C24H26ClN3O2. The number of pyridine rings is 1. The van der Waals surface area contributed by atoms with Gasteiger partial charge in [-0.2, -0.15) is 0 Å². The molecule has 1 aliphatic rings. The van der Waals surface area contributed by atoms with Crippen molar-refractivity contribution < 1.29 is 9.53 Å². The first-order valence-electron chi connectivity index (χ1n) is 10.4. The van der Waals surface area contributed by atoms with Crippen molar-refractivity contribution >= 4 is 28.4 Å². The zero-order valence-corrected chi connectivity index (χ0v) is 18.2. The summed E-state index contributed by atoms with van der Waals surface area (Å²) in [6.07, 6.45) is 0. The zero-order chi connectivity index (χ0) is 21.1. The molecule has 1 fully saturated rings. The fraction of sp³-hybridized carbons (Fsp3) is 0.333. The number of hydrogen-bond donors (Lipinski definition) is 0. The van der Waals surface area contributed by atoms with E-state index >= 15 is 0 Å². The summed E-state index contributed by atoms with van der Waals surface area (Å²) in [5.74, 6) is 0.789. The molecule has 0 radical (unpaired) electrons. The zero-order valence-electron chi connectivity index (χ0n) is 17.4. The van der Waals surface area contributed by atoms with Gasteiger partial charge in [-0.05, 0) is 43.8 Å². The summed E-state index contributed by atoms with van der Waals surface area (Å²) in [5, 5.41) is 1.51. The molecule has 156 valence electrons. The number of piperazine rings is 1. The summed E-state index contributed by atoms with van der Waals surface area (Å²) >= 11 is 6.16. The average Bonchev–Trinajstić information content (AvgIpc) is 2.78. The van der Waals surface area contributed by atoms with Crippen LogP contribution in [0.4, 0.5) is 0 Å². The van der Waals surface area contributed by atoms with Gasteiger partial charge in [0, 0.05) is 53.8 Å². The lowest BCUT2D eigenvalue weighted by Gasteiger charge is -2.34. The Morgan fingerprint density at radius 3 is 2.57 bits per heavy atom. The standard InChI is InChI=1S/C24H26ClN3O2/c1-3-27-10-12-28(13-11-27)24(29)18-8-9-21-20(15-18)23(30-4-2)16-22(26-21)17-6-5-7-19(25)14-17/h5-9,14-16H,3-4,10-13H2,1-2H3. The molecular weight excluding hydrogens is 398 g/mol. The third-order valence-electron chi connectivity index (χ3n) is 5.54. The third kappa shape index (κ3) is 4.27. The number of rotatable bonds is 5. The van der Waals surface area contributed by atoms with E-state index < -0.39 is 0 Å². The van der Waals surface area contributed by atoms with Crippen LogP contribution in [0.1, 0.15) is 24.2 Å². The van der Waals surface area contributed by atoms with E-state index in [0.29, 0.717) is 17.2 Å². The molecule has 1 amide bonds. The maximum absolute atomic E-state index is 13.1. The number of benzene rings is 2. The Balaban J connectivity index is 1.69. The smallest absolute Gasteiger partial charge is 0.253 e. The van der Waals surface area contributed by atoms with Crippen molar-refractivity contribution in [2.24, 2.45) is 0 Å². The number of carbonyl (C=O) groups is 1. The predicted octanol–water partition coefficient (Wildman–Crippen LogP) is 4.73. The van der Waals surface area contributed by atoms with Crippen LogP contribution in [0, 0.1) is 0 Å². The molecule has 0 unspecified atom stereocenters. The minimum absolute atomic E-state index is 0.0639. The Kier molecular flexibility index (Phi) is 6.21. The van der Waals surface area contributed by atoms with Crippen molar-refractivity contribution in [2.75, 3.05) is 39.3 Å². The second kappa shape index (κ2) is 9.02. The highest BCUT2D eigenvalue weighted by molar-refractivity contribution is 6.30. The number of halogens is 1. The lowest BCUT2D eigenvalue weighted by Crippen LogP contribution is -2.48. The van der Waals surface area contributed by atoms with Crippen LogP contribution in [-0.4, -0.2) is 60.0 Å². The summed E-state index contributed by atoms with van der Waals surface area (Å²) < 4.78 is 5.92. The van der Waals surface area contributed by atoms with Crippen LogP contribution in [0.25, 0.3) is 22.2 Å². The first-order chi connectivity index (χ1) is 14.6. The van der Waals surface area contributed by atoms with Gasteiger partial charge >= 0.3 is 0 Å². The monoisotopic (exact) mass is 423 g/mol. The van der Waals surface area contributed by atoms with Crippen LogP contribution in [-0.2, 0) is 0 Å². The predicted molar refractivity (Wildman–Crippen MR) is 121 cm³/mol. The van der Waals surface area contributed by atoms with Gasteiger partial charge in [0.1, 0.15) is 5.75 Å². The molecule has 0 atom stereocenters. The molecule has 0 spiro atoms. The number of likely N-dealkylation sites (N-methyl/N-ethyl adjacent to an activating group) is 1. The molecule has 0 bridgehead atoms. The second-order valence-corrected chi connectivity index (χ2v) is 7.84. The number of hydrogen-bond acceptors (Lipinski definition) is 4. The highest BCUT2D eigenvalue weighted by Gasteiger charge is 2.22. The SMILES string of the molecule is CCOc1cc(-c2cccc(Cl)c2)nc2ccc(C(=O)N3CCN(CC)CC3)cc12. The summed E-state index contributed by atoms with van der Waals surface area (Å²) in [6.45, 7) is 9.02. The van der Waals surface area contributed by atoms with Gasteiger partial charge in [-0.15, -0.1) is 0 Å². The van der Waals surface area contributed by atoms with Crippen LogP contribution in [0.3, 0.4) is 0 Å². The van der Waals surface area contributed by atoms with Gasteiger partial charge in [0.2, 0.25) is 0 Å². The van der Waals surface area contributed by atoms with Crippen molar-refractivity contribution in [2.45, 2.75) is 13.8 Å². The van der Waals surface area contributed by atoms with Crippen LogP contribution in [0.15, 0.2) is 48.5 Å². The molecule has 3 aromatic rings. The lowest BCUT2D eigenvalue weighted by atomic mass is 10.1. The molecule has 2 aromatic carbocycles. The van der Waals surface area contributed by atoms with Gasteiger partial charge in [0.25, 0.3) is 5.91 Å². The average molecular weight is 424 g/mol. The van der Waals surface area contributed by atoms with Crippen molar-refractivity contribution in [1.82, 2.24) is 14.8 Å². The normalized spacial score (nSPS) is 14.8. The van der Waals surface area contributed by atoms with E-state index in [1.165, 1.54) is 0 Å². The number of nitrogens with zero attached hydrogens (tertiary/aromatic N) is 3. The Morgan fingerprint density at radius 1 is 1.07 bits per heavy atom. The molecule has 0 N–H and O–H groups in total. The van der Waals surface area contributed by atoms with Crippen molar-refractivity contribution in [3.8, 4) is 17.0 Å². The summed E-state index contributed by atoms with van der Waals surface area (Å²) in [7, 11) is 0. The molecule has 30 heavy (non-hydrogen) atoms. The molecule has 0 saturated carbocycles. The Morgan fingerprint density at radius 2 is 1.87 bits per heavy atom. The first-order valence-corrected chi connectivity index (χ1v) is 10.8. The van der Waals surface area contributed by atoms with Gasteiger partial charge in [-0.1, -0.05) is 30.7 Å². The molecule has 1 aliphatic heterocycles. The molecule has 5 nitrogen and oxygen atoms in total. The fourth-order valence-electron chi connectivity index (χ4n) is 3.85. The van der Waals surface area contributed by atoms with E-state index in [1.807, 2.05) is 60.4 Å². The molecule has 6 heteroatoms. The number of amides is 1. The van der Waals surface area contributed by atoms with E-state index in [9.17, 15) is 4.79 Å². The van der Waals surface area contributed by atoms with Crippen LogP contribution in [0.5, 0.6) is 5.75 Å². The van der Waals surface area contributed by atoms with E-state index in [0.717, 1.165) is 60.6 Å². The van der Waals surface area contributed by atoms with Crippen molar-refractivity contribution in [3.05, 3.63) is 59.1 Å². The largest absolute Gasteiger partial charge is 0.493 e. The van der Waals surface area contributed by atoms with E-state index in [-0.39, 0.29) is 5.91 Å². The fourth-order valence-corrected chi connectivity index (χ4v) is 4.04. The van der Waals surface area contributed by atoms with Gasteiger partial charge in [0.05, 0.1) is 17.8 Å². The quantitative estimate of drug-likeness (QED) is 0.595. The summed E-state index contributed by atoms with van der Waals surface area (Å²) in [6, 6.07) is 15.2. The lowest BCUT2D eigenvalue weighted by molar-refractivity contribution is 0.0643. The summed E-state index contributed by atoms with van der Waals surface area (Å²) in [5.41, 5.74) is 3.19. The summed E-state index contributed by atoms with van der Waals surface area (Å²) in [4.78, 5) is 22.1. The molecule has 2 heterocycles. The van der Waals surface area contributed by atoms with Gasteiger partial charge in [0.15, 0.2) is 0 Å². The Hall–Kier alpha value is -2.63. The minimum Gasteiger partial charge on any atom is -0.493 e. The molecule has 1 aromatic heterocycles. The second-order valence-electron chi connectivity index (χ2n) is 7.41. The van der Waals surface area contributed by atoms with E-state index in [4.69, 9.17) is 21.3 Å². The van der Waals surface area contributed by atoms with Crippen LogP contribution >= 0.6 is 11.6 Å². The van der Waals surface area contributed by atoms with Gasteiger partial charge in [-0.3, -0.25) is 4.79 Å². The number of fused-ring (bicyclic) bond motifs is 1. The van der Waals surface area contributed by atoms with Gasteiger partial charge in [-0.25, -0.2) is 4.98 Å². The van der Waals surface area contributed by atoms with Crippen molar-refractivity contribution in [1.29, 1.82) is 0 Å². The van der Waals surface area contributed by atoms with Crippen LogP contribution in [0.2, 0.25) is 5.02 Å². The maximum Gasteiger partial charge on any atom is 0.253 e. The minimum atomic E-state index is 0.0639. The highest BCUT2D eigenvalue weighted by Crippen LogP contribution is 2.32. The Labute approximate surface area is 182 Å². The number of ether oxygens (including phenoxy) is 1. The molecule has 1 saturated heterocycles. The van der Waals surface area contributed by atoms with Crippen LogP contribution < -0.4 is 4.74 Å². The first kappa shape index (κ1) is 20.6. The number of aromatic nitrogens is 1. The number of carbonyl (C=O) groups excluding carboxylic acids is 1. The van der Waals surface area contributed by atoms with E-state index in [2.05, 4.69) is 11.8 Å². The van der Waals surface area contributed by atoms with Crippen molar-refractivity contribution in [3.63, 3.8) is 0 Å². The molecule has 4 rings (SSSR count). The maximum atomic E-state index is 13.1. The topological polar surface area (TPSA) is 45.7 Å². The van der Waals surface area contributed by atoms with E-state index in [1.54, 1.807) is 0 Å². The van der Waals surface area contributed by atoms with Gasteiger partial charge < -0.3 is 14.5 Å². The highest BCUT2D eigenvalue weighted by atomic mass is 35.5. The molecule has 0 aliphatic carbocycles. The third-order valence-corrected chi connectivity index (χ3v) is 5.78. The Bertz CT molecular complexity index is 1060.